The first-order valence-electron chi connectivity index (χ1n) is 5.03. The van der Waals surface area contributed by atoms with Gasteiger partial charge in [-0.15, -0.1) is 0 Å². The molecule has 0 atom stereocenters. The Morgan fingerprint density at radius 1 is 1.17 bits per heavy atom. The number of rotatable bonds is 6. The molecule has 0 amide bonds. The third-order valence-electron chi connectivity index (χ3n) is 2.57. The van der Waals surface area contributed by atoms with Gasteiger partial charge in [-0.2, -0.15) is 0 Å². The van der Waals surface area contributed by atoms with Gasteiger partial charge in [0.2, 0.25) is 0 Å². The van der Waals surface area contributed by atoms with Crippen LogP contribution >= 0.6 is 0 Å². The third kappa shape index (κ3) is 5.34. The van der Waals surface area contributed by atoms with Gasteiger partial charge in [-0.25, -0.2) is 0 Å². The minimum Gasteiger partial charge on any atom is -0.300 e. The predicted molar refractivity (Wildman–Crippen MR) is 53.2 cm³/mol. The highest BCUT2D eigenvalue weighted by molar-refractivity contribution is 5.78. The van der Waals surface area contributed by atoms with Crippen molar-refractivity contribution in [1.82, 2.24) is 0 Å². The predicted octanol–water partition coefficient (Wildman–Crippen LogP) is 3.57. The fourth-order valence-corrected chi connectivity index (χ4v) is 1.06. The molecule has 0 saturated carbocycles. The normalized spacial score (nSPS) is 11.7. The second kappa shape index (κ2) is 5.34. The molecule has 0 saturated heterocycles. The van der Waals surface area contributed by atoms with Crippen molar-refractivity contribution in [2.24, 2.45) is 5.41 Å². The highest BCUT2D eigenvalue weighted by Crippen LogP contribution is 2.26. The number of ketones is 1. The molecule has 0 rings (SSSR count). The van der Waals surface area contributed by atoms with Gasteiger partial charge in [0, 0.05) is 12.8 Å². The van der Waals surface area contributed by atoms with Crippen LogP contribution in [0.4, 0.5) is 0 Å². The van der Waals surface area contributed by atoms with E-state index in [1.165, 1.54) is 0 Å². The molecule has 0 N–H and O–H groups in total. The molecular formula is C11H22O. The van der Waals surface area contributed by atoms with Crippen molar-refractivity contribution in [3.8, 4) is 0 Å². The van der Waals surface area contributed by atoms with E-state index in [9.17, 15) is 4.79 Å². The summed E-state index contributed by atoms with van der Waals surface area (Å²) in [6, 6.07) is 0. The van der Waals surface area contributed by atoms with Crippen molar-refractivity contribution in [2.45, 2.75) is 59.8 Å². The van der Waals surface area contributed by atoms with E-state index in [-0.39, 0.29) is 0 Å². The molecule has 0 bridgehead atoms. The molecule has 0 aliphatic rings. The van der Waals surface area contributed by atoms with E-state index in [4.69, 9.17) is 0 Å². The SMILES string of the molecule is CCCC(=O)CCC(C)(C)CC. The number of Topliss-reactive ketones (excluding diaryl/α,β-unsaturated/α-hetero) is 1. The first kappa shape index (κ1) is 11.7. The fraction of sp³-hybridized carbons (Fsp3) is 0.909. The molecule has 0 spiro atoms. The summed E-state index contributed by atoms with van der Waals surface area (Å²) in [5, 5.41) is 0. The number of carbonyl (C=O) groups is 1. The smallest absolute Gasteiger partial charge is 0.132 e. The van der Waals surface area contributed by atoms with Gasteiger partial charge in [-0.05, 0) is 18.3 Å². The van der Waals surface area contributed by atoms with Crippen molar-refractivity contribution in [3.63, 3.8) is 0 Å². The van der Waals surface area contributed by atoms with Crippen LogP contribution in [-0.4, -0.2) is 5.78 Å². The minimum absolute atomic E-state index is 0.351. The number of hydrogen-bond acceptors (Lipinski definition) is 1. The number of carbonyl (C=O) groups excluding carboxylic acids is 1. The van der Waals surface area contributed by atoms with Gasteiger partial charge in [-0.1, -0.05) is 34.1 Å². The van der Waals surface area contributed by atoms with Crippen molar-refractivity contribution >= 4 is 5.78 Å². The van der Waals surface area contributed by atoms with Crippen LogP contribution in [0.5, 0.6) is 0 Å². The molecule has 72 valence electrons. The molecule has 0 heterocycles. The Morgan fingerprint density at radius 2 is 1.75 bits per heavy atom. The molecule has 1 heteroatoms. The largest absolute Gasteiger partial charge is 0.300 e. The molecule has 0 radical (unpaired) electrons. The van der Waals surface area contributed by atoms with Crippen LogP contribution in [0.2, 0.25) is 0 Å². The van der Waals surface area contributed by atoms with Crippen LogP contribution in [0.1, 0.15) is 59.8 Å². The zero-order chi connectivity index (χ0) is 9.61. The van der Waals surface area contributed by atoms with Crippen molar-refractivity contribution < 1.29 is 4.79 Å². The summed E-state index contributed by atoms with van der Waals surface area (Å²) in [7, 11) is 0. The average Bonchev–Trinajstić information content (AvgIpc) is 2.02. The Balaban J connectivity index is 3.60. The minimum atomic E-state index is 0.351. The lowest BCUT2D eigenvalue weighted by atomic mass is 9.84. The zero-order valence-corrected chi connectivity index (χ0v) is 8.94. The van der Waals surface area contributed by atoms with E-state index >= 15 is 0 Å². The quantitative estimate of drug-likeness (QED) is 0.595. The molecular weight excluding hydrogens is 148 g/mol. The summed E-state index contributed by atoms with van der Waals surface area (Å²) in [6.45, 7) is 8.70. The van der Waals surface area contributed by atoms with Crippen LogP contribution < -0.4 is 0 Å². The maximum atomic E-state index is 11.2. The van der Waals surface area contributed by atoms with E-state index in [0.717, 1.165) is 32.1 Å². The lowest BCUT2D eigenvalue weighted by Gasteiger charge is -2.21. The van der Waals surface area contributed by atoms with E-state index in [1.54, 1.807) is 0 Å². The molecule has 1 nitrogen and oxygen atoms in total. The summed E-state index contributed by atoms with van der Waals surface area (Å²) in [4.78, 5) is 11.2. The molecule has 12 heavy (non-hydrogen) atoms. The lowest BCUT2D eigenvalue weighted by molar-refractivity contribution is -0.119. The second-order valence-electron chi connectivity index (χ2n) is 4.31. The Bertz CT molecular complexity index is 136. The van der Waals surface area contributed by atoms with Crippen LogP contribution in [0.25, 0.3) is 0 Å². The topological polar surface area (TPSA) is 17.1 Å². The molecule has 0 aromatic heterocycles. The zero-order valence-electron chi connectivity index (χ0n) is 8.94. The van der Waals surface area contributed by atoms with Gasteiger partial charge in [0.15, 0.2) is 0 Å². The maximum absolute atomic E-state index is 11.2. The van der Waals surface area contributed by atoms with Gasteiger partial charge in [0.1, 0.15) is 5.78 Å². The first-order valence-corrected chi connectivity index (χ1v) is 5.03. The Kier molecular flexibility index (Phi) is 5.19. The molecule has 0 aliphatic heterocycles. The van der Waals surface area contributed by atoms with Crippen molar-refractivity contribution in [2.75, 3.05) is 0 Å². The van der Waals surface area contributed by atoms with E-state index in [0.29, 0.717) is 11.2 Å². The fourth-order valence-electron chi connectivity index (χ4n) is 1.06. The highest BCUT2D eigenvalue weighted by atomic mass is 16.1. The summed E-state index contributed by atoms with van der Waals surface area (Å²) in [5.74, 6) is 0.430. The Morgan fingerprint density at radius 3 is 2.17 bits per heavy atom. The molecule has 0 unspecified atom stereocenters. The van der Waals surface area contributed by atoms with Crippen molar-refractivity contribution in [3.05, 3.63) is 0 Å². The summed E-state index contributed by atoms with van der Waals surface area (Å²) in [5.41, 5.74) is 0.351. The standard InChI is InChI=1S/C11H22O/c1-5-7-10(12)8-9-11(3,4)6-2/h5-9H2,1-4H3. The third-order valence-corrected chi connectivity index (χ3v) is 2.57. The van der Waals surface area contributed by atoms with Gasteiger partial charge in [0.05, 0.1) is 0 Å². The molecule has 0 aromatic rings. The molecule has 0 aromatic carbocycles. The van der Waals surface area contributed by atoms with Crippen LogP contribution in [0.3, 0.4) is 0 Å². The Hall–Kier alpha value is -0.330. The van der Waals surface area contributed by atoms with Crippen LogP contribution in [0, 0.1) is 5.41 Å². The highest BCUT2D eigenvalue weighted by Gasteiger charge is 2.15. The van der Waals surface area contributed by atoms with Crippen molar-refractivity contribution in [1.29, 1.82) is 0 Å². The van der Waals surface area contributed by atoms with Crippen LogP contribution in [-0.2, 0) is 4.79 Å². The van der Waals surface area contributed by atoms with Gasteiger partial charge in [0.25, 0.3) is 0 Å². The second-order valence-corrected chi connectivity index (χ2v) is 4.31. The van der Waals surface area contributed by atoms with Crippen LogP contribution in [0.15, 0.2) is 0 Å². The van der Waals surface area contributed by atoms with Gasteiger partial charge >= 0.3 is 0 Å². The number of hydrogen-bond donors (Lipinski definition) is 0. The van der Waals surface area contributed by atoms with E-state index in [1.807, 2.05) is 0 Å². The lowest BCUT2D eigenvalue weighted by Crippen LogP contribution is -2.12. The van der Waals surface area contributed by atoms with Gasteiger partial charge in [-0.3, -0.25) is 4.79 Å². The maximum Gasteiger partial charge on any atom is 0.132 e. The average molecular weight is 170 g/mol. The van der Waals surface area contributed by atoms with E-state index in [2.05, 4.69) is 27.7 Å². The molecule has 0 fully saturated rings. The summed E-state index contributed by atoms with van der Waals surface area (Å²) in [6.07, 6.45) is 4.73. The summed E-state index contributed by atoms with van der Waals surface area (Å²) < 4.78 is 0. The monoisotopic (exact) mass is 170 g/mol. The first-order chi connectivity index (χ1) is 5.52. The summed E-state index contributed by atoms with van der Waals surface area (Å²) >= 11 is 0. The Labute approximate surface area is 76.6 Å². The molecule has 0 aliphatic carbocycles. The van der Waals surface area contributed by atoms with E-state index < -0.39 is 0 Å². The van der Waals surface area contributed by atoms with Gasteiger partial charge < -0.3 is 0 Å².